The van der Waals surface area contributed by atoms with Crippen molar-refractivity contribution in [2.45, 2.75) is 25.9 Å². The third-order valence-corrected chi connectivity index (χ3v) is 5.18. The molecule has 0 spiro atoms. The van der Waals surface area contributed by atoms with Crippen molar-refractivity contribution in [3.63, 3.8) is 0 Å². The molecule has 0 radical (unpaired) electrons. The van der Waals surface area contributed by atoms with Gasteiger partial charge in [-0.1, -0.05) is 30.3 Å². The highest BCUT2D eigenvalue weighted by Gasteiger charge is 2.26. The number of nitrogens with two attached hydrogens (primary N) is 1. The summed E-state index contributed by atoms with van der Waals surface area (Å²) in [5.74, 6) is -0.273. The molecule has 0 bridgehead atoms. The molecule has 1 aliphatic rings. The number of rotatable bonds is 6. The maximum absolute atomic E-state index is 13.3. The molecule has 2 amide bonds. The largest absolute Gasteiger partial charge is 0.395 e. The maximum Gasteiger partial charge on any atom is 0.273 e. The Morgan fingerprint density at radius 2 is 1.83 bits per heavy atom. The minimum Gasteiger partial charge on any atom is -0.395 e. The van der Waals surface area contributed by atoms with Crippen LogP contribution >= 0.6 is 0 Å². The molecule has 0 aliphatic carbocycles. The van der Waals surface area contributed by atoms with E-state index in [1.807, 2.05) is 36.4 Å². The molecule has 1 aliphatic heterocycles. The van der Waals surface area contributed by atoms with Crippen LogP contribution in [-0.4, -0.2) is 44.9 Å². The standard InChI is InChI=1S/C22H23N5O3/c23-22-25-18-7-5-14(6-8-19(29)24-9-10-28)11-17(18)20(26-22)21(30)27-12-15-3-1-2-4-16(15)13-27/h1-5,7,11,28H,6,8-10,12-13H2,(H,24,29)(H2,23,25,26). The number of amides is 2. The van der Waals surface area contributed by atoms with Crippen molar-refractivity contribution in [1.29, 1.82) is 0 Å². The van der Waals surface area contributed by atoms with E-state index in [1.165, 1.54) is 0 Å². The molecule has 8 nitrogen and oxygen atoms in total. The van der Waals surface area contributed by atoms with Crippen molar-refractivity contribution in [3.05, 3.63) is 64.8 Å². The van der Waals surface area contributed by atoms with Crippen LogP contribution in [0, 0.1) is 0 Å². The number of nitrogens with zero attached hydrogens (tertiary/aromatic N) is 3. The highest BCUT2D eigenvalue weighted by atomic mass is 16.3. The summed E-state index contributed by atoms with van der Waals surface area (Å²) in [7, 11) is 0. The minimum absolute atomic E-state index is 0.0543. The number of aliphatic hydroxyl groups excluding tert-OH is 1. The molecule has 0 atom stereocenters. The number of benzene rings is 2. The molecule has 0 unspecified atom stereocenters. The normalized spacial score (nSPS) is 12.8. The van der Waals surface area contributed by atoms with Gasteiger partial charge in [-0.25, -0.2) is 9.97 Å². The van der Waals surface area contributed by atoms with Gasteiger partial charge in [0, 0.05) is 31.4 Å². The molecular formula is C22H23N5O3. The molecule has 0 saturated heterocycles. The van der Waals surface area contributed by atoms with E-state index < -0.39 is 0 Å². The Kier molecular flexibility index (Phi) is 5.58. The zero-order valence-corrected chi connectivity index (χ0v) is 16.5. The lowest BCUT2D eigenvalue weighted by Crippen LogP contribution is -2.27. The van der Waals surface area contributed by atoms with E-state index in [1.54, 1.807) is 11.0 Å². The molecule has 2 aromatic carbocycles. The molecule has 0 fully saturated rings. The second-order valence-corrected chi connectivity index (χ2v) is 7.29. The van der Waals surface area contributed by atoms with Gasteiger partial charge in [-0.05, 0) is 35.2 Å². The van der Waals surface area contributed by atoms with Gasteiger partial charge in [0.15, 0.2) is 0 Å². The fourth-order valence-corrected chi connectivity index (χ4v) is 3.68. The highest BCUT2D eigenvalue weighted by molar-refractivity contribution is 6.05. The van der Waals surface area contributed by atoms with Crippen LogP contribution in [0.3, 0.4) is 0 Å². The van der Waals surface area contributed by atoms with Crippen LogP contribution in [0.4, 0.5) is 5.95 Å². The molecule has 30 heavy (non-hydrogen) atoms. The highest BCUT2D eigenvalue weighted by Crippen LogP contribution is 2.26. The number of aryl methyl sites for hydroxylation is 1. The molecule has 4 N–H and O–H groups in total. The zero-order valence-electron chi connectivity index (χ0n) is 16.5. The molecule has 3 aromatic rings. The second-order valence-electron chi connectivity index (χ2n) is 7.29. The lowest BCUT2D eigenvalue weighted by atomic mass is 10.0. The van der Waals surface area contributed by atoms with E-state index in [-0.39, 0.29) is 43.0 Å². The molecule has 1 aromatic heterocycles. The van der Waals surface area contributed by atoms with Gasteiger partial charge in [0.1, 0.15) is 5.69 Å². The molecular weight excluding hydrogens is 382 g/mol. The predicted molar refractivity (Wildman–Crippen MR) is 112 cm³/mol. The smallest absolute Gasteiger partial charge is 0.273 e. The Hall–Kier alpha value is -3.52. The van der Waals surface area contributed by atoms with Gasteiger partial charge in [0.2, 0.25) is 11.9 Å². The van der Waals surface area contributed by atoms with Gasteiger partial charge in [-0.15, -0.1) is 0 Å². The number of aliphatic hydroxyl groups is 1. The fraction of sp³-hybridized carbons (Fsp3) is 0.273. The van der Waals surface area contributed by atoms with E-state index in [0.717, 1.165) is 16.7 Å². The first-order valence-corrected chi connectivity index (χ1v) is 9.85. The number of nitrogens with one attached hydrogen (secondary N) is 1. The third-order valence-electron chi connectivity index (χ3n) is 5.18. The number of hydrogen-bond acceptors (Lipinski definition) is 6. The minimum atomic E-state index is -0.192. The Balaban J connectivity index is 1.59. The van der Waals surface area contributed by atoms with E-state index in [2.05, 4.69) is 15.3 Å². The predicted octanol–water partition coefficient (Wildman–Crippen LogP) is 1.41. The van der Waals surface area contributed by atoms with Crippen molar-refractivity contribution in [3.8, 4) is 0 Å². The quantitative estimate of drug-likeness (QED) is 0.570. The number of aromatic nitrogens is 2. The lowest BCUT2D eigenvalue weighted by molar-refractivity contribution is -0.121. The number of fused-ring (bicyclic) bond motifs is 2. The maximum atomic E-state index is 13.3. The van der Waals surface area contributed by atoms with Gasteiger partial charge < -0.3 is 21.1 Å². The summed E-state index contributed by atoms with van der Waals surface area (Å²) in [6.07, 6.45) is 0.784. The monoisotopic (exact) mass is 405 g/mol. The van der Waals surface area contributed by atoms with Gasteiger partial charge in [0.05, 0.1) is 12.1 Å². The lowest BCUT2D eigenvalue weighted by Gasteiger charge is -2.16. The van der Waals surface area contributed by atoms with E-state index >= 15 is 0 Å². The first kappa shape index (κ1) is 19.8. The zero-order chi connectivity index (χ0) is 21.1. The average Bonchev–Trinajstić information content (AvgIpc) is 3.19. The Morgan fingerprint density at radius 1 is 1.10 bits per heavy atom. The van der Waals surface area contributed by atoms with Crippen molar-refractivity contribution in [1.82, 2.24) is 20.2 Å². The summed E-state index contributed by atoms with van der Waals surface area (Å²) in [5.41, 5.74) is 9.89. The SMILES string of the molecule is Nc1nc(C(=O)N2Cc3ccccc3C2)c2cc(CCC(=O)NCCO)ccc2n1. The van der Waals surface area contributed by atoms with Crippen LogP contribution in [0.5, 0.6) is 0 Å². The first-order valence-electron chi connectivity index (χ1n) is 9.85. The molecule has 2 heterocycles. The first-order chi connectivity index (χ1) is 14.5. The van der Waals surface area contributed by atoms with E-state index in [0.29, 0.717) is 30.4 Å². The Morgan fingerprint density at radius 3 is 2.53 bits per heavy atom. The molecule has 0 saturated carbocycles. The van der Waals surface area contributed by atoms with Gasteiger partial charge in [-0.2, -0.15) is 0 Å². The van der Waals surface area contributed by atoms with Crippen molar-refractivity contribution in [2.24, 2.45) is 0 Å². The number of hydrogen-bond donors (Lipinski definition) is 3. The summed E-state index contributed by atoms with van der Waals surface area (Å²) in [4.78, 5) is 35.3. The third kappa shape index (κ3) is 4.08. The number of nitrogen functional groups attached to an aromatic ring is 1. The number of carbonyl (C=O) groups excluding carboxylic acids is 2. The molecule has 4 rings (SSSR count). The Bertz CT molecular complexity index is 1090. The number of carbonyl (C=O) groups is 2. The second kappa shape index (κ2) is 8.46. The number of anilines is 1. The average molecular weight is 405 g/mol. The van der Waals surface area contributed by atoms with Crippen LogP contribution < -0.4 is 11.1 Å². The van der Waals surface area contributed by atoms with Crippen LogP contribution in [0.25, 0.3) is 10.9 Å². The van der Waals surface area contributed by atoms with Gasteiger partial charge in [-0.3, -0.25) is 9.59 Å². The summed E-state index contributed by atoms with van der Waals surface area (Å²) in [5, 5.41) is 12.1. The van der Waals surface area contributed by atoms with Crippen LogP contribution in [0.2, 0.25) is 0 Å². The Labute approximate surface area is 173 Å². The van der Waals surface area contributed by atoms with Gasteiger partial charge >= 0.3 is 0 Å². The fourth-order valence-electron chi connectivity index (χ4n) is 3.68. The summed E-state index contributed by atoms with van der Waals surface area (Å²) >= 11 is 0. The summed E-state index contributed by atoms with van der Waals surface area (Å²) < 4.78 is 0. The summed E-state index contributed by atoms with van der Waals surface area (Å²) in [6, 6.07) is 13.5. The molecule has 154 valence electrons. The van der Waals surface area contributed by atoms with Crippen LogP contribution in [0.1, 0.15) is 33.6 Å². The van der Waals surface area contributed by atoms with Crippen molar-refractivity contribution < 1.29 is 14.7 Å². The van der Waals surface area contributed by atoms with Crippen molar-refractivity contribution >= 4 is 28.7 Å². The van der Waals surface area contributed by atoms with Crippen LogP contribution in [-0.2, 0) is 24.3 Å². The summed E-state index contributed by atoms with van der Waals surface area (Å²) in [6.45, 7) is 1.21. The van der Waals surface area contributed by atoms with Crippen LogP contribution in [0.15, 0.2) is 42.5 Å². The van der Waals surface area contributed by atoms with E-state index in [4.69, 9.17) is 10.8 Å². The van der Waals surface area contributed by atoms with E-state index in [9.17, 15) is 9.59 Å². The van der Waals surface area contributed by atoms with Gasteiger partial charge in [0.25, 0.3) is 5.91 Å². The topological polar surface area (TPSA) is 121 Å². The van der Waals surface area contributed by atoms with Crippen molar-refractivity contribution in [2.75, 3.05) is 18.9 Å². The molecule has 8 heteroatoms.